The van der Waals surface area contributed by atoms with E-state index in [-0.39, 0.29) is 34.2 Å². The molecule has 1 unspecified atom stereocenters. The molecule has 34 heavy (non-hydrogen) atoms. The van der Waals surface area contributed by atoms with E-state index in [1.54, 1.807) is 6.07 Å². The van der Waals surface area contributed by atoms with Gasteiger partial charge in [-0.1, -0.05) is 66.5 Å². The monoisotopic (exact) mass is 527 g/mol. The molecule has 0 aliphatic carbocycles. The number of amides is 2. The highest BCUT2D eigenvalue weighted by atomic mass is 35.5. The fraction of sp³-hybridized carbons (Fsp3) is 0.417. The first-order valence-electron chi connectivity index (χ1n) is 11.0. The smallest absolute Gasteiger partial charge is 0.244 e. The number of carbonyl (C=O) groups excluding carboxylic acids is 2. The van der Waals surface area contributed by atoms with Crippen LogP contribution in [0.15, 0.2) is 48.5 Å². The molecule has 0 aromatic heterocycles. The zero-order valence-electron chi connectivity index (χ0n) is 19.8. The maximum Gasteiger partial charge on any atom is 0.244 e. The number of anilines is 1. The van der Waals surface area contributed by atoms with Crippen LogP contribution < -0.4 is 9.62 Å². The van der Waals surface area contributed by atoms with Crippen molar-refractivity contribution in [3.05, 3.63) is 64.1 Å². The first kappa shape index (κ1) is 28.0. The lowest BCUT2D eigenvalue weighted by Crippen LogP contribution is -2.54. The Labute approximate surface area is 212 Å². The van der Waals surface area contributed by atoms with Crippen LogP contribution >= 0.6 is 23.2 Å². The standard InChI is InChI=1S/C24H31Cl2N3O4S/c1-5-20(24(31)27-17(2)3)28(15-14-18-10-7-6-8-11-18)22(30)16-29(34(4,32)33)21-13-9-12-19(25)23(21)26/h6-13,17,20H,5,14-16H2,1-4H3,(H,27,31). The molecular formula is C24H31Cl2N3O4S. The van der Waals surface area contributed by atoms with Gasteiger partial charge in [0.15, 0.2) is 0 Å². The molecule has 0 aliphatic rings. The number of halogens is 2. The zero-order valence-corrected chi connectivity index (χ0v) is 22.1. The van der Waals surface area contributed by atoms with Gasteiger partial charge in [0.1, 0.15) is 12.6 Å². The third-order valence-corrected chi connectivity index (χ3v) is 7.12. The van der Waals surface area contributed by atoms with Crippen LogP contribution in [-0.2, 0) is 26.0 Å². The summed E-state index contributed by atoms with van der Waals surface area (Å²) in [5, 5.41) is 3.06. The Morgan fingerprint density at radius 1 is 1.03 bits per heavy atom. The molecule has 2 aromatic rings. The first-order chi connectivity index (χ1) is 16.0. The summed E-state index contributed by atoms with van der Waals surface area (Å²) in [5.41, 5.74) is 1.10. The Bertz CT molecular complexity index is 1090. The number of carbonyl (C=O) groups is 2. The van der Waals surface area contributed by atoms with Crippen molar-refractivity contribution in [2.24, 2.45) is 0 Å². The maximum atomic E-state index is 13.5. The number of rotatable bonds is 11. The van der Waals surface area contributed by atoms with E-state index < -0.39 is 28.5 Å². The molecule has 0 bridgehead atoms. The van der Waals surface area contributed by atoms with Gasteiger partial charge in [0, 0.05) is 12.6 Å². The molecule has 0 fully saturated rings. The van der Waals surface area contributed by atoms with E-state index in [1.165, 1.54) is 17.0 Å². The zero-order chi connectivity index (χ0) is 25.5. The minimum Gasteiger partial charge on any atom is -0.352 e. The molecule has 1 N–H and O–H groups in total. The molecule has 186 valence electrons. The second kappa shape index (κ2) is 12.4. The van der Waals surface area contributed by atoms with E-state index in [1.807, 2.05) is 51.1 Å². The number of hydrogen-bond acceptors (Lipinski definition) is 4. The molecule has 0 aliphatic heterocycles. The lowest BCUT2D eigenvalue weighted by molar-refractivity contribution is -0.139. The van der Waals surface area contributed by atoms with Crippen LogP contribution in [-0.4, -0.2) is 56.6 Å². The summed E-state index contributed by atoms with van der Waals surface area (Å²) in [6, 6.07) is 13.3. The van der Waals surface area contributed by atoms with E-state index in [4.69, 9.17) is 23.2 Å². The van der Waals surface area contributed by atoms with Crippen molar-refractivity contribution in [2.75, 3.05) is 23.7 Å². The molecule has 0 radical (unpaired) electrons. The molecule has 0 saturated carbocycles. The van der Waals surface area contributed by atoms with Crippen molar-refractivity contribution in [1.82, 2.24) is 10.2 Å². The number of hydrogen-bond donors (Lipinski definition) is 1. The maximum absolute atomic E-state index is 13.5. The van der Waals surface area contributed by atoms with E-state index >= 15 is 0 Å². The number of nitrogens with zero attached hydrogens (tertiary/aromatic N) is 2. The molecular weight excluding hydrogens is 497 g/mol. The van der Waals surface area contributed by atoms with Gasteiger partial charge in [-0.15, -0.1) is 0 Å². The Hall–Kier alpha value is -2.29. The average Bonchev–Trinajstić information content (AvgIpc) is 2.76. The van der Waals surface area contributed by atoms with Crippen LogP contribution in [0.1, 0.15) is 32.8 Å². The largest absolute Gasteiger partial charge is 0.352 e. The van der Waals surface area contributed by atoms with Crippen molar-refractivity contribution < 1.29 is 18.0 Å². The molecule has 2 rings (SSSR count). The van der Waals surface area contributed by atoms with Gasteiger partial charge in [0.05, 0.1) is 22.0 Å². The lowest BCUT2D eigenvalue weighted by Gasteiger charge is -2.33. The average molecular weight is 529 g/mol. The summed E-state index contributed by atoms with van der Waals surface area (Å²) in [4.78, 5) is 27.9. The minimum atomic E-state index is -3.88. The van der Waals surface area contributed by atoms with Crippen molar-refractivity contribution in [1.29, 1.82) is 0 Å². The molecule has 7 nitrogen and oxygen atoms in total. The molecule has 1 atom stereocenters. The van der Waals surface area contributed by atoms with E-state index in [9.17, 15) is 18.0 Å². The summed E-state index contributed by atoms with van der Waals surface area (Å²) in [5.74, 6) is -0.797. The Morgan fingerprint density at radius 3 is 2.24 bits per heavy atom. The van der Waals surface area contributed by atoms with Crippen LogP contribution in [0.4, 0.5) is 5.69 Å². The quantitative estimate of drug-likeness (QED) is 0.475. The normalized spacial score (nSPS) is 12.3. The Morgan fingerprint density at radius 2 is 1.68 bits per heavy atom. The Kier molecular flexibility index (Phi) is 10.2. The van der Waals surface area contributed by atoms with Crippen molar-refractivity contribution >= 4 is 50.7 Å². The molecule has 2 amide bonds. The third-order valence-electron chi connectivity index (χ3n) is 5.18. The summed E-state index contributed by atoms with van der Waals surface area (Å²) < 4.78 is 26.2. The van der Waals surface area contributed by atoms with Crippen LogP contribution in [0.25, 0.3) is 0 Å². The second-order valence-electron chi connectivity index (χ2n) is 8.25. The van der Waals surface area contributed by atoms with Crippen molar-refractivity contribution in [3.8, 4) is 0 Å². The van der Waals surface area contributed by atoms with Gasteiger partial charge >= 0.3 is 0 Å². The highest BCUT2D eigenvalue weighted by molar-refractivity contribution is 7.92. The van der Waals surface area contributed by atoms with Crippen LogP contribution in [0, 0.1) is 0 Å². The fourth-order valence-electron chi connectivity index (χ4n) is 3.56. The number of sulfonamides is 1. The Balaban J connectivity index is 2.40. The predicted molar refractivity (Wildman–Crippen MR) is 138 cm³/mol. The van der Waals surface area contributed by atoms with Crippen LogP contribution in [0.5, 0.6) is 0 Å². The van der Waals surface area contributed by atoms with Gasteiger partial charge in [-0.3, -0.25) is 13.9 Å². The van der Waals surface area contributed by atoms with Gasteiger partial charge < -0.3 is 10.2 Å². The summed E-state index contributed by atoms with van der Waals surface area (Å²) >= 11 is 12.4. The summed E-state index contributed by atoms with van der Waals surface area (Å²) in [6.07, 6.45) is 1.87. The molecule has 2 aromatic carbocycles. The highest BCUT2D eigenvalue weighted by Crippen LogP contribution is 2.33. The topological polar surface area (TPSA) is 86.8 Å². The van der Waals surface area contributed by atoms with Gasteiger partial charge in [0.2, 0.25) is 21.8 Å². The molecule has 0 spiro atoms. The lowest BCUT2D eigenvalue weighted by atomic mass is 10.1. The van der Waals surface area contributed by atoms with E-state index in [0.717, 1.165) is 16.1 Å². The first-order valence-corrected chi connectivity index (χ1v) is 13.6. The fourth-order valence-corrected chi connectivity index (χ4v) is 4.86. The van der Waals surface area contributed by atoms with Crippen LogP contribution in [0.2, 0.25) is 10.0 Å². The minimum absolute atomic E-state index is 0.0304. The van der Waals surface area contributed by atoms with Gasteiger partial charge in [0.25, 0.3) is 0 Å². The van der Waals surface area contributed by atoms with Crippen LogP contribution in [0.3, 0.4) is 0 Å². The van der Waals surface area contributed by atoms with Gasteiger partial charge in [-0.2, -0.15) is 0 Å². The molecule has 0 heterocycles. The van der Waals surface area contributed by atoms with Gasteiger partial charge in [-0.25, -0.2) is 8.42 Å². The second-order valence-corrected chi connectivity index (χ2v) is 10.9. The number of benzene rings is 2. The van der Waals surface area contributed by atoms with Crippen molar-refractivity contribution in [2.45, 2.75) is 45.7 Å². The van der Waals surface area contributed by atoms with E-state index in [0.29, 0.717) is 12.8 Å². The third kappa shape index (κ3) is 7.61. The molecule has 10 heteroatoms. The highest BCUT2D eigenvalue weighted by Gasteiger charge is 2.32. The summed E-state index contributed by atoms with van der Waals surface area (Å²) in [6.45, 7) is 5.23. The van der Waals surface area contributed by atoms with E-state index in [2.05, 4.69) is 5.32 Å². The number of nitrogens with one attached hydrogen (secondary N) is 1. The summed E-state index contributed by atoms with van der Waals surface area (Å²) in [7, 11) is -3.88. The molecule has 0 saturated heterocycles. The SMILES string of the molecule is CCC(C(=O)NC(C)C)N(CCc1ccccc1)C(=O)CN(c1cccc(Cl)c1Cl)S(C)(=O)=O. The predicted octanol–water partition coefficient (Wildman–Crippen LogP) is 4.13. The van der Waals surface area contributed by atoms with Gasteiger partial charge in [-0.05, 0) is 44.4 Å². The van der Waals surface area contributed by atoms with Crippen molar-refractivity contribution in [3.63, 3.8) is 0 Å².